The van der Waals surface area contributed by atoms with Gasteiger partial charge >= 0.3 is 6.18 Å². The van der Waals surface area contributed by atoms with E-state index in [4.69, 9.17) is 11.6 Å². The highest BCUT2D eigenvalue weighted by atomic mass is 35.5. The number of rotatable bonds is 7. The number of benzene rings is 3. The highest BCUT2D eigenvalue weighted by Gasteiger charge is 2.31. The Morgan fingerprint density at radius 1 is 1.00 bits per heavy atom. The molecule has 33 heavy (non-hydrogen) atoms. The molecule has 0 unspecified atom stereocenters. The molecule has 1 amide bonds. The summed E-state index contributed by atoms with van der Waals surface area (Å²) in [6, 6.07) is 16.7. The van der Waals surface area contributed by atoms with Crippen molar-refractivity contribution >= 4 is 33.2 Å². The number of nitrogens with zero attached hydrogens (tertiary/aromatic N) is 1. The molecule has 0 saturated heterocycles. The number of aryl methyl sites for hydroxylation is 1. The van der Waals surface area contributed by atoms with E-state index in [0.29, 0.717) is 10.6 Å². The molecule has 0 aromatic heterocycles. The molecule has 174 valence electrons. The number of carbonyl (C=O) groups excluding carboxylic acids is 1. The van der Waals surface area contributed by atoms with Crippen LogP contribution in [-0.2, 0) is 27.5 Å². The van der Waals surface area contributed by atoms with Crippen LogP contribution >= 0.6 is 11.6 Å². The first-order chi connectivity index (χ1) is 15.5. The van der Waals surface area contributed by atoms with Gasteiger partial charge in [0.2, 0.25) is 5.91 Å². The predicted octanol–water partition coefficient (Wildman–Crippen LogP) is 5.18. The number of anilines is 1. The van der Waals surface area contributed by atoms with Gasteiger partial charge in [0.05, 0.1) is 16.1 Å². The Labute approximate surface area is 194 Å². The Hall–Kier alpha value is -3.04. The molecule has 10 heteroatoms. The first-order valence-electron chi connectivity index (χ1n) is 9.75. The van der Waals surface area contributed by atoms with Crippen molar-refractivity contribution in [1.29, 1.82) is 0 Å². The highest BCUT2D eigenvalue weighted by Crippen LogP contribution is 2.30. The fourth-order valence-corrected chi connectivity index (χ4v) is 4.90. The van der Waals surface area contributed by atoms with Crippen molar-refractivity contribution in [2.45, 2.75) is 24.5 Å². The minimum atomic E-state index is -4.51. The van der Waals surface area contributed by atoms with E-state index in [2.05, 4.69) is 5.32 Å². The Bertz CT molecular complexity index is 1250. The maximum absolute atomic E-state index is 13.3. The lowest BCUT2D eigenvalue weighted by Crippen LogP contribution is -2.41. The summed E-state index contributed by atoms with van der Waals surface area (Å²) in [6.45, 7) is 0.898. The maximum atomic E-state index is 13.3. The topological polar surface area (TPSA) is 66.5 Å². The number of hydrogen-bond acceptors (Lipinski definition) is 3. The van der Waals surface area contributed by atoms with Crippen molar-refractivity contribution in [2.24, 2.45) is 0 Å². The van der Waals surface area contributed by atoms with Crippen LogP contribution < -0.4 is 9.62 Å². The molecule has 5 nitrogen and oxygen atoms in total. The molecule has 3 aromatic rings. The summed E-state index contributed by atoms with van der Waals surface area (Å²) >= 11 is 5.99. The lowest BCUT2D eigenvalue weighted by atomic mass is 10.1. The number of alkyl halides is 3. The third kappa shape index (κ3) is 6.06. The molecular weight excluding hydrogens is 477 g/mol. The summed E-state index contributed by atoms with van der Waals surface area (Å²) in [4.78, 5) is 12.7. The van der Waals surface area contributed by atoms with Crippen LogP contribution in [0.25, 0.3) is 0 Å². The SMILES string of the molecule is Cc1cc(Cl)ccc1N(CC(=O)NCc1cccc(C(F)(F)F)c1)S(=O)(=O)c1ccccc1. The van der Waals surface area contributed by atoms with Crippen LogP contribution in [0.2, 0.25) is 5.02 Å². The Morgan fingerprint density at radius 2 is 1.70 bits per heavy atom. The molecule has 0 spiro atoms. The normalized spacial score (nSPS) is 11.8. The van der Waals surface area contributed by atoms with Crippen molar-refractivity contribution in [3.8, 4) is 0 Å². The molecule has 0 bridgehead atoms. The first kappa shape index (κ1) is 24.6. The quantitative estimate of drug-likeness (QED) is 0.490. The fourth-order valence-electron chi connectivity index (χ4n) is 3.16. The lowest BCUT2D eigenvalue weighted by molar-refractivity contribution is -0.137. The second-order valence-electron chi connectivity index (χ2n) is 7.23. The Balaban J connectivity index is 1.86. The molecule has 1 N–H and O–H groups in total. The van der Waals surface area contributed by atoms with E-state index in [1.165, 1.54) is 36.4 Å². The van der Waals surface area contributed by atoms with Crippen molar-refractivity contribution in [1.82, 2.24) is 5.32 Å². The summed E-state index contributed by atoms with van der Waals surface area (Å²) in [5.41, 5.74) is 0.197. The van der Waals surface area contributed by atoms with Crippen LogP contribution in [0, 0.1) is 6.92 Å². The smallest absolute Gasteiger partial charge is 0.350 e. The van der Waals surface area contributed by atoms with Gasteiger partial charge in [0.15, 0.2) is 0 Å². The average Bonchev–Trinajstić information content (AvgIpc) is 2.77. The van der Waals surface area contributed by atoms with Gasteiger partial charge in [-0.15, -0.1) is 0 Å². The maximum Gasteiger partial charge on any atom is 0.416 e. The highest BCUT2D eigenvalue weighted by molar-refractivity contribution is 7.92. The third-order valence-corrected chi connectivity index (χ3v) is 6.80. The van der Waals surface area contributed by atoms with E-state index < -0.39 is 34.2 Å². The summed E-state index contributed by atoms with van der Waals surface area (Å²) in [6.07, 6.45) is -4.51. The summed E-state index contributed by atoms with van der Waals surface area (Å²) in [5, 5.41) is 2.90. The molecule has 0 heterocycles. The number of sulfonamides is 1. The second kappa shape index (κ2) is 9.84. The van der Waals surface area contributed by atoms with E-state index in [9.17, 15) is 26.4 Å². The van der Waals surface area contributed by atoms with Gasteiger partial charge in [0.25, 0.3) is 10.0 Å². The number of nitrogens with one attached hydrogen (secondary N) is 1. The van der Waals surface area contributed by atoms with E-state index in [1.807, 2.05) is 0 Å². The van der Waals surface area contributed by atoms with Gasteiger partial charge in [-0.2, -0.15) is 13.2 Å². The minimum absolute atomic E-state index is 0.00923. The van der Waals surface area contributed by atoms with Gasteiger partial charge < -0.3 is 5.32 Å². The lowest BCUT2D eigenvalue weighted by Gasteiger charge is -2.25. The van der Waals surface area contributed by atoms with Gasteiger partial charge in [0, 0.05) is 11.6 Å². The van der Waals surface area contributed by atoms with Gasteiger partial charge in [-0.05, 0) is 60.5 Å². The summed E-state index contributed by atoms with van der Waals surface area (Å²) in [7, 11) is -4.11. The first-order valence-corrected chi connectivity index (χ1v) is 11.6. The molecule has 0 fully saturated rings. The van der Waals surface area contributed by atoms with Gasteiger partial charge in [-0.1, -0.05) is 41.9 Å². The molecule has 0 saturated carbocycles. The zero-order valence-electron chi connectivity index (χ0n) is 17.4. The molecule has 0 aliphatic carbocycles. The van der Waals surface area contributed by atoms with Crippen LogP contribution in [0.5, 0.6) is 0 Å². The van der Waals surface area contributed by atoms with E-state index in [-0.39, 0.29) is 22.7 Å². The molecule has 3 aromatic carbocycles. The molecule has 3 rings (SSSR count). The van der Waals surface area contributed by atoms with E-state index in [1.54, 1.807) is 31.2 Å². The second-order valence-corrected chi connectivity index (χ2v) is 9.53. The monoisotopic (exact) mass is 496 g/mol. The van der Waals surface area contributed by atoms with Crippen LogP contribution in [0.3, 0.4) is 0 Å². The zero-order chi connectivity index (χ0) is 24.2. The predicted molar refractivity (Wildman–Crippen MR) is 120 cm³/mol. The zero-order valence-corrected chi connectivity index (χ0v) is 19.0. The largest absolute Gasteiger partial charge is 0.416 e. The van der Waals surface area contributed by atoms with Crippen molar-refractivity contribution in [3.05, 3.63) is 94.5 Å². The molecule has 0 aliphatic rings. The van der Waals surface area contributed by atoms with Gasteiger partial charge in [-0.25, -0.2) is 8.42 Å². The molecule has 0 atom stereocenters. The Morgan fingerprint density at radius 3 is 2.33 bits per heavy atom. The van der Waals surface area contributed by atoms with Crippen LogP contribution in [0.1, 0.15) is 16.7 Å². The molecular formula is C23H20ClF3N2O3S. The average molecular weight is 497 g/mol. The minimum Gasteiger partial charge on any atom is -0.350 e. The third-order valence-electron chi connectivity index (χ3n) is 4.79. The fraction of sp³-hybridized carbons (Fsp3) is 0.174. The van der Waals surface area contributed by atoms with E-state index >= 15 is 0 Å². The Kier molecular flexibility index (Phi) is 7.34. The standard InChI is InChI=1S/C23H20ClF3N2O3S/c1-16-12-19(24)10-11-21(16)29(33(31,32)20-8-3-2-4-9-20)15-22(30)28-14-17-6-5-7-18(13-17)23(25,26)27/h2-13H,14-15H2,1H3,(H,28,30). The number of halogens is 4. The summed E-state index contributed by atoms with van der Waals surface area (Å²) < 4.78 is 66.3. The molecule has 0 aliphatic heterocycles. The van der Waals surface area contributed by atoms with Crippen LogP contribution in [-0.4, -0.2) is 20.9 Å². The number of carbonyl (C=O) groups is 1. The summed E-state index contributed by atoms with van der Waals surface area (Å²) in [5.74, 6) is -0.679. The number of hydrogen-bond donors (Lipinski definition) is 1. The van der Waals surface area contributed by atoms with Crippen molar-refractivity contribution in [2.75, 3.05) is 10.8 Å². The van der Waals surface area contributed by atoms with Gasteiger partial charge in [0.1, 0.15) is 6.54 Å². The van der Waals surface area contributed by atoms with Gasteiger partial charge in [-0.3, -0.25) is 9.10 Å². The van der Waals surface area contributed by atoms with Crippen LogP contribution in [0.4, 0.5) is 18.9 Å². The van der Waals surface area contributed by atoms with Crippen LogP contribution in [0.15, 0.2) is 77.7 Å². The van der Waals surface area contributed by atoms with Crippen molar-refractivity contribution in [3.63, 3.8) is 0 Å². The number of amides is 1. The van der Waals surface area contributed by atoms with E-state index in [0.717, 1.165) is 16.4 Å². The molecule has 0 radical (unpaired) electrons. The van der Waals surface area contributed by atoms with Crippen molar-refractivity contribution < 1.29 is 26.4 Å².